The molecule has 0 aromatic heterocycles. The van der Waals surface area contributed by atoms with Gasteiger partial charge in [0.05, 0.1) is 12.6 Å². The summed E-state index contributed by atoms with van der Waals surface area (Å²) in [5, 5.41) is 5.89. The number of nitrogens with two attached hydrogens (primary N) is 1. The first-order valence-electron chi connectivity index (χ1n) is 8.20. The van der Waals surface area contributed by atoms with Gasteiger partial charge < -0.3 is 21.1 Å². The highest BCUT2D eigenvalue weighted by atomic mass is 16.6. The molecule has 0 saturated carbocycles. The van der Waals surface area contributed by atoms with Gasteiger partial charge in [0.2, 0.25) is 0 Å². The number of hydrogen-bond acceptors (Lipinski definition) is 3. The van der Waals surface area contributed by atoms with Gasteiger partial charge >= 0.3 is 6.09 Å². The summed E-state index contributed by atoms with van der Waals surface area (Å²) in [4.78, 5) is 16.2. The monoisotopic (exact) mass is 334 g/mol. The zero-order valence-corrected chi connectivity index (χ0v) is 15.5. The number of alkyl carbamates (subject to hydrolysis) is 1. The van der Waals surface area contributed by atoms with E-state index in [1.54, 1.807) is 0 Å². The van der Waals surface area contributed by atoms with E-state index in [9.17, 15) is 4.79 Å². The minimum Gasteiger partial charge on any atom is -0.444 e. The number of carbonyl (C=O) groups is 1. The summed E-state index contributed by atoms with van der Waals surface area (Å²) in [7, 11) is 0. The van der Waals surface area contributed by atoms with Crippen LogP contribution in [0.15, 0.2) is 29.3 Å². The molecule has 4 N–H and O–H groups in total. The maximum atomic E-state index is 11.9. The van der Waals surface area contributed by atoms with Gasteiger partial charge in [-0.3, -0.25) is 4.99 Å². The lowest BCUT2D eigenvalue weighted by Crippen LogP contribution is -2.44. The van der Waals surface area contributed by atoms with Crippen LogP contribution < -0.4 is 16.4 Å². The predicted octanol–water partition coefficient (Wildman–Crippen LogP) is 3.27. The third-order valence-electron chi connectivity index (χ3n) is 3.29. The fourth-order valence-corrected chi connectivity index (χ4v) is 1.90. The first-order valence-corrected chi connectivity index (χ1v) is 8.20. The molecule has 1 unspecified atom stereocenters. The summed E-state index contributed by atoms with van der Waals surface area (Å²) >= 11 is 0. The smallest absolute Gasteiger partial charge is 0.407 e. The lowest BCUT2D eigenvalue weighted by atomic mass is 10.1. The van der Waals surface area contributed by atoms with E-state index in [0.29, 0.717) is 12.5 Å². The Morgan fingerprint density at radius 2 is 1.83 bits per heavy atom. The van der Waals surface area contributed by atoms with E-state index >= 15 is 0 Å². The fraction of sp³-hybridized carbons (Fsp3) is 0.556. The largest absolute Gasteiger partial charge is 0.444 e. The lowest BCUT2D eigenvalue weighted by Gasteiger charge is -2.25. The van der Waals surface area contributed by atoms with Crippen LogP contribution in [-0.4, -0.2) is 30.2 Å². The Morgan fingerprint density at radius 3 is 2.33 bits per heavy atom. The second-order valence-corrected chi connectivity index (χ2v) is 7.21. The first-order chi connectivity index (χ1) is 11.1. The topological polar surface area (TPSA) is 88.7 Å². The van der Waals surface area contributed by atoms with Crippen LogP contribution in [-0.2, 0) is 4.74 Å². The van der Waals surface area contributed by atoms with E-state index in [-0.39, 0.29) is 12.0 Å². The van der Waals surface area contributed by atoms with Gasteiger partial charge in [-0.25, -0.2) is 4.79 Å². The van der Waals surface area contributed by atoms with E-state index < -0.39 is 11.7 Å². The van der Waals surface area contributed by atoms with E-state index in [1.165, 1.54) is 5.56 Å². The highest BCUT2D eigenvalue weighted by molar-refractivity contribution is 5.92. The van der Waals surface area contributed by atoms with Crippen molar-refractivity contribution in [3.63, 3.8) is 0 Å². The molecule has 0 aliphatic heterocycles. The Hall–Kier alpha value is -2.24. The van der Waals surface area contributed by atoms with Crippen molar-refractivity contribution in [2.75, 3.05) is 11.9 Å². The third kappa shape index (κ3) is 7.85. The Labute approximate surface area is 144 Å². The van der Waals surface area contributed by atoms with Gasteiger partial charge in [-0.1, -0.05) is 31.5 Å². The van der Waals surface area contributed by atoms with Crippen LogP contribution >= 0.6 is 0 Å². The van der Waals surface area contributed by atoms with Gasteiger partial charge in [-0.15, -0.1) is 0 Å². The number of nitrogens with one attached hydrogen (secondary N) is 2. The Balaban J connectivity index is 2.61. The molecule has 1 aromatic rings. The maximum Gasteiger partial charge on any atom is 0.407 e. The molecule has 134 valence electrons. The molecule has 0 aliphatic carbocycles. The van der Waals surface area contributed by atoms with Crippen LogP contribution in [0.1, 0.15) is 40.2 Å². The number of ether oxygens (including phenoxy) is 1. The Bertz CT molecular complexity index is 559. The van der Waals surface area contributed by atoms with Crippen molar-refractivity contribution >= 4 is 17.7 Å². The van der Waals surface area contributed by atoms with Gasteiger partial charge in [0, 0.05) is 5.69 Å². The van der Waals surface area contributed by atoms with Crippen molar-refractivity contribution in [3.8, 4) is 0 Å². The van der Waals surface area contributed by atoms with Crippen LogP contribution in [0.5, 0.6) is 0 Å². The summed E-state index contributed by atoms with van der Waals surface area (Å²) < 4.78 is 5.29. The van der Waals surface area contributed by atoms with E-state index in [2.05, 4.69) is 15.6 Å². The SMILES string of the molecule is Cc1ccc(NC(N)=NCC(NC(=O)OC(C)(C)C)C(C)C)cc1. The number of benzene rings is 1. The first kappa shape index (κ1) is 19.8. The zero-order valence-electron chi connectivity index (χ0n) is 15.5. The van der Waals surface area contributed by atoms with Gasteiger partial charge in [0.15, 0.2) is 5.96 Å². The number of anilines is 1. The summed E-state index contributed by atoms with van der Waals surface area (Å²) in [5.74, 6) is 0.518. The van der Waals surface area contributed by atoms with Crippen molar-refractivity contribution in [2.45, 2.75) is 53.2 Å². The van der Waals surface area contributed by atoms with Gasteiger partial charge in [0.25, 0.3) is 0 Å². The molecule has 1 amide bonds. The number of carbonyl (C=O) groups excluding carboxylic acids is 1. The molecule has 1 rings (SSSR count). The molecule has 24 heavy (non-hydrogen) atoms. The second kappa shape index (κ2) is 8.57. The summed E-state index contributed by atoms with van der Waals surface area (Å²) in [5.41, 5.74) is 7.45. The number of amides is 1. The molecule has 0 spiro atoms. The number of nitrogens with zero attached hydrogens (tertiary/aromatic N) is 1. The molecular formula is C18H30N4O2. The van der Waals surface area contributed by atoms with Crippen LogP contribution in [0.25, 0.3) is 0 Å². The Kier molecular flexibility index (Phi) is 7.07. The van der Waals surface area contributed by atoms with Crippen LogP contribution in [0.3, 0.4) is 0 Å². The molecule has 0 bridgehead atoms. The molecule has 0 aliphatic rings. The molecular weight excluding hydrogens is 304 g/mol. The number of hydrogen-bond donors (Lipinski definition) is 3. The minimum atomic E-state index is -0.527. The van der Waals surface area contributed by atoms with E-state index in [1.807, 2.05) is 65.8 Å². The van der Waals surface area contributed by atoms with Crippen LogP contribution in [0.2, 0.25) is 0 Å². The average molecular weight is 334 g/mol. The molecule has 0 radical (unpaired) electrons. The molecule has 1 atom stereocenters. The number of guanidine groups is 1. The van der Waals surface area contributed by atoms with Gasteiger partial charge in [0.1, 0.15) is 5.60 Å². The van der Waals surface area contributed by atoms with E-state index in [0.717, 1.165) is 5.69 Å². The molecule has 6 nitrogen and oxygen atoms in total. The number of aliphatic imine (C=N–C) groups is 1. The van der Waals surface area contributed by atoms with Crippen molar-refractivity contribution in [3.05, 3.63) is 29.8 Å². The summed E-state index contributed by atoms with van der Waals surface area (Å²) in [6, 6.07) is 7.72. The summed E-state index contributed by atoms with van der Waals surface area (Å²) in [6.45, 7) is 11.9. The number of rotatable bonds is 5. The van der Waals surface area contributed by atoms with E-state index in [4.69, 9.17) is 10.5 Å². The second-order valence-electron chi connectivity index (χ2n) is 7.21. The minimum absolute atomic E-state index is 0.154. The van der Waals surface area contributed by atoms with Gasteiger partial charge in [-0.05, 0) is 45.7 Å². The van der Waals surface area contributed by atoms with Crippen molar-refractivity contribution in [2.24, 2.45) is 16.6 Å². The van der Waals surface area contributed by atoms with Crippen molar-refractivity contribution in [1.29, 1.82) is 0 Å². The van der Waals surface area contributed by atoms with Gasteiger partial charge in [-0.2, -0.15) is 0 Å². The number of aryl methyl sites for hydroxylation is 1. The third-order valence-corrected chi connectivity index (χ3v) is 3.29. The highest BCUT2D eigenvalue weighted by Gasteiger charge is 2.21. The average Bonchev–Trinajstić information content (AvgIpc) is 2.43. The predicted molar refractivity (Wildman–Crippen MR) is 99.3 cm³/mol. The lowest BCUT2D eigenvalue weighted by molar-refractivity contribution is 0.0493. The van der Waals surface area contributed by atoms with Crippen LogP contribution in [0.4, 0.5) is 10.5 Å². The van der Waals surface area contributed by atoms with Crippen molar-refractivity contribution < 1.29 is 9.53 Å². The highest BCUT2D eigenvalue weighted by Crippen LogP contribution is 2.10. The molecule has 0 fully saturated rings. The molecule has 0 heterocycles. The van der Waals surface area contributed by atoms with Crippen molar-refractivity contribution in [1.82, 2.24) is 5.32 Å². The fourth-order valence-electron chi connectivity index (χ4n) is 1.90. The summed E-state index contributed by atoms with van der Waals surface area (Å²) in [6.07, 6.45) is -0.443. The Morgan fingerprint density at radius 1 is 1.25 bits per heavy atom. The normalized spacial score (nSPS) is 13.5. The standard InChI is InChI=1S/C18H30N4O2/c1-12(2)15(22-17(23)24-18(4,5)6)11-20-16(19)21-14-9-7-13(3)8-10-14/h7-10,12,15H,11H2,1-6H3,(H,22,23)(H3,19,20,21). The van der Waals surface area contributed by atoms with Crippen LogP contribution in [0, 0.1) is 12.8 Å². The molecule has 1 aromatic carbocycles. The molecule has 0 saturated heterocycles. The zero-order chi connectivity index (χ0) is 18.3. The quantitative estimate of drug-likeness (QED) is 0.569. The maximum absolute atomic E-state index is 11.9. The molecule has 6 heteroatoms.